The van der Waals surface area contributed by atoms with E-state index < -0.39 is 5.97 Å². The van der Waals surface area contributed by atoms with Gasteiger partial charge in [0.2, 0.25) is 5.91 Å². The van der Waals surface area contributed by atoms with Crippen LogP contribution in [-0.4, -0.2) is 57.8 Å². The van der Waals surface area contributed by atoms with Crippen molar-refractivity contribution in [2.45, 2.75) is 52.1 Å². The van der Waals surface area contributed by atoms with Gasteiger partial charge in [-0.1, -0.05) is 32.4 Å². The van der Waals surface area contributed by atoms with Crippen LogP contribution in [0.5, 0.6) is 0 Å². The first-order valence-electron chi connectivity index (χ1n) is 9.46. The van der Waals surface area contributed by atoms with Gasteiger partial charge in [0.25, 0.3) is 0 Å². The van der Waals surface area contributed by atoms with Crippen LogP contribution < -0.4 is 0 Å². The number of carboxylic acids is 1. The maximum Gasteiger partial charge on any atom is 0.335 e. The molecule has 1 aliphatic rings. The minimum Gasteiger partial charge on any atom is -0.478 e. The van der Waals surface area contributed by atoms with E-state index in [1.54, 1.807) is 29.3 Å². The summed E-state index contributed by atoms with van der Waals surface area (Å²) in [5.74, 6) is -0.313. The van der Waals surface area contributed by atoms with E-state index in [-0.39, 0.29) is 17.6 Å². The molecule has 1 aromatic rings. The molecule has 0 spiro atoms. The van der Waals surface area contributed by atoms with Gasteiger partial charge >= 0.3 is 5.97 Å². The SMILES string of the molecule is CCC(C)CC(O)CCN1CCC(=O)N1CCc1ccc(C(=O)O)cc1. The maximum absolute atomic E-state index is 12.2. The maximum atomic E-state index is 12.2. The fourth-order valence-corrected chi connectivity index (χ4v) is 3.23. The molecule has 1 aliphatic heterocycles. The number of benzene rings is 1. The Balaban J connectivity index is 1.84. The summed E-state index contributed by atoms with van der Waals surface area (Å²) in [6, 6.07) is 6.77. The van der Waals surface area contributed by atoms with Crippen LogP contribution in [0.4, 0.5) is 0 Å². The van der Waals surface area contributed by atoms with Gasteiger partial charge in [-0.05, 0) is 42.9 Å². The lowest BCUT2D eigenvalue weighted by Crippen LogP contribution is -2.41. The number of rotatable bonds is 10. The third-order valence-electron chi connectivity index (χ3n) is 5.12. The monoisotopic (exact) mass is 362 g/mol. The summed E-state index contributed by atoms with van der Waals surface area (Å²) in [7, 11) is 0. The van der Waals surface area contributed by atoms with E-state index in [0.717, 1.165) is 18.4 Å². The molecule has 1 heterocycles. The number of aliphatic hydroxyl groups excluding tert-OH is 1. The minimum absolute atomic E-state index is 0.114. The number of amides is 1. The predicted octanol–water partition coefficient (Wildman–Crippen LogP) is 2.56. The Hall–Kier alpha value is -1.92. The van der Waals surface area contributed by atoms with E-state index in [1.165, 1.54) is 0 Å². The molecule has 0 aliphatic carbocycles. The predicted molar refractivity (Wildman–Crippen MR) is 99.7 cm³/mol. The van der Waals surface area contributed by atoms with E-state index in [2.05, 4.69) is 13.8 Å². The van der Waals surface area contributed by atoms with E-state index in [0.29, 0.717) is 44.8 Å². The molecule has 2 unspecified atom stereocenters. The summed E-state index contributed by atoms with van der Waals surface area (Å²) < 4.78 is 0. The van der Waals surface area contributed by atoms with Crippen molar-refractivity contribution in [2.24, 2.45) is 5.92 Å². The summed E-state index contributed by atoms with van der Waals surface area (Å²) in [5.41, 5.74) is 1.27. The largest absolute Gasteiger partial charge is 0.478 e. The highest BCUT2D eigenvalue weighted by Crippen LogP contribution is 2.17. The lowest BCUT2D eigenvalue weighted by atomic mass is 9.99. The smallest absolute Gasteiger partial charge is 0.335 e. The number of carbonyl (C=O) groups excluding carboxylic acids is 1. The van der Waals surface area contributed by atoms with E-state index >= 15 is 0 Å². The summed E-state index contributed by atoms with van der Waals surface area (Å²) in [4.78, 5) is 23.1. The number of hydrogen-bond donors (Lipinski definition) is 2. The van der Waals surface area contributed by atoms with Gasteiger partial charge < -0.3 is 10.2 Å². The standard InChI is InChI=1S/C20H30N2O4/c1-3-15(2)14-18(23)9-11-21-12-10-19(24)22(21)13-8-16-4-6-17(7-5-16)20(25)26/h4-7,15,18,23H,3,8-14H2,1-2H3,(H,25,26). The number of aromatic carboxylic acids is 1. The van der Waals surface area contributed by atoms with Gasteiger partial charge in [-0.25, -0.2) is 9.80 Å². The van der Waals surface area contributed by atoms with Crippen molar-refractivity contribution >= 4 is 11.9 Å². The number of nitrogens with zero attached hydrogens (tertiary/aromatic N) is 2. The second-order valence-electron chi connectivity index (χ2n) is 7.16. The number of carboxylic acid groups (broad SMARTS) is 1. The molecule has 2 N–H and O–H groups in total. The van der Waals surface area contributed by atoms with Gasteiger partial charge in [-0.15, -0.1) is 0 Å². The molecule has 0 radical (unpaired) electrons. The molecule has 0 aromatic heterocycles. The van der Waals surface area contributed by atoms with Crippen molar-refractivity contribution in [1.82, 2.24) is 10.0 Å². The van der Waals surface area contributed by atoms with Crippen LogP contribution in [0.3, 0.4) is 0 Å². The molecule has 6 nitrogen and oxygen atoms in total. The van der Waals surface area contributed by atoms with Crippen molar-refractivity contribution in [3.05, 3.63) is 35.4 Å². The number of carbonyl (C=O) groups is 2. The Labute approximate surface area is 155 Å². The van der Waals surface area contributed by atoms with Gasteiger partial charge in [0.1, 0.15) is 0 Å². The molecule has 1 saturated heterocycles. The fraction of sp³-hybridized carbons (Fsp3) is 0.600. The molecular weight excluding hydrogens is 332 g/mol. The zero-order chi connectivity index (χ0) is 19.1. The first-order valence-corrected chi connectivity index (χ1v) is 9.46. The van der Waals surface area contributed by atoms with Crippen LogP contribution in [0.2, 0.25) is 0 Å². The van der Waals surface area contributed by atoms with Crippen molar-refractivity contribution in [3.8, 4) is 0 Å². The van der Waals surface area contributed by atoms with Crippen LogP contribution in [0.1, 0.15) is 55.5 Å². The first-order chi connectivity index (χ1) is 12.4. The number of hydrogen-bond acceptors (Lipinski definition) is 4. The molecule has 1 amide bonds. The van der Waals surface area contributed by atoms with Gasteiger partial charge in [0.05, 0.1) is 11.7 Å². The van der Waals surface area contributed by atoms with Crippen molar-refractivity contribution in [3.63, 3.8) is 0 Å². The highest BCUT2D eigenvalue weighted by molar-refractivity contribution is 5.87. The highest BCUT2D eigenvalue weighted by atomic mass is 16.4. The Kier molecular flexibility index (Phi) is 7.60. The lowest BCUT2D eigenvalue weighted by molar-refractivity contribution is -0.138. The van der Waals surface area contributed by atoms with Crippen molar-refractivity contribution in [1.29, 1.82) is 0 Å². The molecule has 6 heteroatoms. The second kappa shape index (κ2) is 9.69. The van der Waals surface area contributed by atoms with Gasteiger partial charge in [-0.3, -0.25) is 9.80 Å². The molecule has 1 aromatic carbocycles. The summed E-state index contributed by atoms with van der Waals surface area (Å²) in [6.07, 6.45) is 3.39. The molecule has 1 fully saturated rings. The van der Waals surface area contributed by atoms with Crippen LogP contribution in [0, 0.1) is 5.92 Å². The van der Waals surface area contributed by atoms with Crippen LogP contribution >= 0.6 is 0 Å². The highest BCUT2D eigenvalue weighted by Gasteiger charge is 2.28. The van der Waals surface area contributed by atoms with Gasteiger partial charge in [0.15, 0.2) is 0 Å². The molecule has 0 bridgehead atoms. The Bertz CT molecular complexity index is 602. The Morgan fingerprint density at radius 2 is 1.92 bits per heavy atom. The van der Waals surface area contributed by atoms with E-state index in [9.17, 15) is 14.7 Å². The van der Waals surface area contributed by atoms with Crippen LogP contribution in [0.15, 0.2) is 24.3 Å². The molecule has 0 saturated carbocycles. The molecule has 2 atom stereocenters. The number of hydrazine groups is 1. The minimum atomic E-state index is -0.937. The average molecular weight is 362 g/mol. The number of aliphatic hydroxyl groups is 1. The third kappa shape index (κ3) is 5.81. The van der Waals surface area contributed by atoms with E-state index in [1.807, 2.05) is 5.01 Å². The zero-order valence-electron chi connectivity index (χ0n) is 15.7. The van der Waals surface area contributed by atoms with Crippen molar-refractivity contribution in [2.75, 3.05) is 19.6 Å². The van der Waals surface area contributed by atoms with E-state index in [4.69, 9.17) is 5.11 Å². The van der Waals surface area contributed by atoms with Crippen LogP contribution in [-0.2, 0) is 11.2 Å². The first kappa shape index (κ1) is 20.4. The fourth-order valence-electron chi connectivity index (χ4n) is 3.23. The molecule has 2 rings (SSSR count). The quantitative estimate of drug-likeness (QED) is 0.669. The van der Waals surface area contributed by atoms with Crippen LogP contribution in [0.25, 0.3) is 0 Å². The zero-order valence-corrected chi connectivity index (χ0v) is 15.7. The average Bonchev–Trinajstić information content (AvgIpc) is 2.98. The molecule has 144 valence electrons. The molecule has 26 heavy (non-hydrogen) atoms. The summed E-state index contributed by atoms with van der Waals surface area (Å²) >= 11 is 0. The van der Waals surface area contributed by atoms with Gasteiger partial charge in [-0.2, -0.15) is 0 Å². The summed E-state index contributed by atoms with van der Waals surface area (Å²) in [5, 5.41) is 22.9. The third-order valence-corrected chi connectivity index (χ3v) is 5.12. The van der Waals surface area contributed by atoms with Crippen molar-refractivity contribution < 1.29 is 19.8 Å². The molecular formula is C20H30N2O4. The summed E-state index contributed by atoms with van der Waals surface area (Å²) in [6.45, 7) is 6.23. The lowest BCUT2D eigenvalue weighted by Gasteiger charge is -2.29. The van der Waals surface area contributed by atoms with Gasteiger partial charge in [0, 0.05) is 26.1 Å². The Morgan fingerprint density at radius 3 is 2.54 bits per heavy atom. The Morgan fingerprint density at radius 1 is 1.23 bits per heavy atom. The topological polar surface area (TPSA) is 81.1 Å². The normalized spacial score (nSPS) is 17.5. The second-order valence-corrected chi connectivity index (χ2v) is 7.16.